The van der Waals surface area contributed by atoms with Gasteiger partial charge in [-0.2, -0.15) is 0 Å². The van der Waals surface area contributed by atoms with E-state index in [1.54, 1.807) is 36.6 Å². The Labute approximate surface area is 207 Å². The number of methoxy groups -OCH3 is 1. The van der Waals surface area contributed by atoms with Crippen LogP contribution in [0.15, 0.2) is 35.1 Å². The van der Waals surface area contributed by atoms with Gasteiger partial charge in [-0.25, -0.2) is 0 Å². The molecule has 3 unspecified atom stereocenters. The highest BCUT2D eigenvalue weighted by molar-refractivity contribution is 5.97. The molecule has 0 spiro atoms. The van der Waals surface area contributed by atoms with Gasteiger partial charge in [0.25, 0.3) is 11.5 Å². The number of pyridine rings is 1. The lowest BCUT2D eigenvalue weighted by molar-refractivity contribution is -0.129. The molecule has 2 saturated heterocycles. The molecule has 2 aliphatic rings. The average Bonchev–Trinajstić information content (AvgIpc) is 3.04. The highest BCUT2D eigenvalue weighted by Gasteiger charge is 2.42. The topological polar surface area (TPSA) is 83.9 Å². The number of hydrogen-bond acceptors (Lipinski definition) is 5. The fourth-order valence-corrected chi connectivity index (χ4v) is 5.79. The monoisotopic (exact) mass is 482 g/mol. The Morgan fingerprint density at radius 3 is 2.43 bits per heavy atom. The minimum Gasteiger partial charge on any atom is -0.378 e. The van der Waals surface area contributed by atoms with Crippen molar-refractivity contribution in [2.45, 2.75) is 76.7 Å². The Hall–Kier alpha value is -2.71. The molecule has 1 aromatic heterocycles. The van der Waals surface area contributed by atoms with E-state index in [2.05, 4.69) is 10.2 Å². The number of para-hydroxylation sites is 1. The Morgan fingerprint density at radius 1 is 1.17 bits per heavy atom. The molecule has 4 rings (SSSR count). The molecular weight excluding hydrogens is 444 g/mol. The first-order valence-corrected chi connectivity index (χ1v) is 12.6. The molecule has 190 valence electrons. The quantitative estimate of drug-likeness (QED) is 0.626. The standard InChI is InChI=1S/C27H38N4O4/c1-17(2)31-25-9-7-6-8-19(25)12-24(27(31)34)26(33)28-20-13-21-10-11-22(14-20)30(21)16-23(35-5)15-29(4)18(3)32/h6-9,12,17,20-23H,10-11,13-16H2,1-5H3,(H,28,33). The van der Waals surface area contributed by atoms with E-state index in [4.69, 9.17) is 4.74 Å². The number of ether oxygens (including phenoxy) is 1. The van der Waals surface area contributed by atoms with Crippen molar-refractivity contribution in [2.24, 2.45) is 0 Å². The molecule has 3 atom stereocenters. The second kappa shape index (κ2) is 10.5. The van der Waals surface area contributed by atoms with Gasteiger partial charge in [0.1, 0.15) is 5.56 Å². The van der Waals surface area contributed by atoms with E-state index in [-0.39, 0.29) is 41.1 Å². The van der Waals surface area contributed by atoms with Gasteiger partial charge in [-0.1, -0.05) is 18.2 Å². The van der Waals surface area contributed by atoms with Gasteiger partial charge in [0.05, 0.1) is 11.6 Å². The molecule has 1 N–H and O–H groups in total. The molecule has 2 aromatic rings. The molecule has 2 bridgehead atoms. The molecule has 0 radical (unpaired) electrons. The van der Waals surface area contributed by atoms with Gasteiger partial charge in [0.15, 0.2) is 0 Å². The van der Waals surface area contributed by atoms with Crippen LogP contribution in [0.25, 0.3) is 10.9 Å². The summed E-state index contributed by atoms with van der Waals surface area (Å²) in [6.45, 7) is 6.82. The van der Waals surface area contributed by atoms with E-state index in [9.17, 15) is 14.4 Å². The Morgan fingerprint density at radius 2 is 1.83 bits per heavy atom. The minimum absolute atomic E-state index is 0.0293. The van der Waals surface area contributed by atoms with Crippen LogP contribution < -0.4 is 10.9 Å². The third-order valence-electron chi connectivity index (χ3n) is 7.69. The minimum atomic E-state index is -0.286. The average molecular weight is 483 g/mol. The van der Waals surface area contributed by atoms with Crippen LogP contribution in [0.5, 0.6) is 0 Å². The molecule has 1 aromatic carbocycles. The number of carbonyl (C=O) groups excluding carboxylic acids is 2. The Balaban J connectivity index is 1.46. The highest BCUT2D eigenvalue weighted by Crippen LogP contribution is 2.36. The van der Waals surface area contributed by atoms with Gasteiger partial charge in [0, 0.05) is 58.3 Å². The van der Waals surface area contributed by atoms with Crippen molar-refractivity contribution in [1.29, 1.82) is 0 Å². The lowest BCUT2D eigenvalue weighted by Crippen LogP contribution is -2.53. The van der Waals surface area contributed by atoms with E-state index < -0.39 is 0 Å². The summed E-state index contributed by atoms with van der Waals surface area (Å²) in [5, 5.41) is 4.07. The van der Waals surface area contributed by atoms with Crippen molar-refractivity contribution in [3.63, 3.8) is 0 Å². The maximum absolute atomic E-state index is 13.3. The number of benzene rings is 1. The number of likely N-dealkylation sites (N-methyl/N-ethyl adjacent to an activating group) is 1. The summed E-state index contributed by atoms with van der Waals surface area (Å²) < 4.78 is 7.39. The predicted molar refractivity (Wildman–Crippen MR) is 137 cm³/mol. The van der Waals surface area contributed by atoms with E-state index in [1.807, 2.05) is 38.1 Å². The molecule has 2 amide bonds. The molecular formula is C27H38N4O4. The number of hydrogen-bond donors (Lipinski definition) is 1. The maximum atomic E-state index is 13.3. The Kier molecular flexibility index (Phi) is 7.62. The summed E-state index contributed by atoms with van der Waals surface area (Å²) in [5.41, 5.74) is 0.812. The first-order chi connectivity index (χ1) is 16.7. The first kappa shape index (κ1) is 25.4. The zero-order valence-electron chi connectivity index (χ0n) is 21.5. The third kappa shape index (κ3) is 5.28. The van der Waals surface area contributed by atoms with Gasteiger partial charge in [0.2, 0.25) is 5.91 Å². The molecule has 2 fully saturated rings. The van der Waals surface area contributed by atoms with Gasteiger partial charge >= 0.3 is 0 Å². The normalized spacial score (nSPS) is 23.0. The van der Waals surface area contributed by atoms with Crippen molar-refractivity contribution in [2.75, 3.05) is 27.2 Å². The number of piperidine rings is 1. The second-order valence-corrected chi connectivity index (χ2v) is 10.4. The summed E-state index contributed by atoms with van der Waals surface area (Å²) in [7, 11) is 3.49. The van der Waals surface area contributed by atoms with Crippen molar-refractivity contribution in [3.05, 3.63) is 46.2 Å². The second-order valence-electron chi connectivity index (χ2n) is 10.4. The molecule has 8 nitrogen and oxygen atoms in total. The summed E-state index contributed by atoms with van der Waals surface area (Å²) in [6.07, 6.45) is 3.84. The molecule has 0 aliphatic carbocycles. The third-order valence-corrected chi connectivity index (χ3v) is 7.69. The highest BCUT2D eigenvalue weighted by atomic mass is 16.5. The van der Waals surface area contributed by atoms with E-state index >= 15 is 0 Å². The van der Waals surface area contributed by atoms with Crippen LogP contribution in [0.1, 0.15) is 62.9 Å². The molecule has 3 heterocycles. The van der Waals surface area contributed by atoms with Crippen molar-refractivity contribution >= 4 is 22.7 Å². The summed E-state index contributed by atoms with van der Waals surface area (Å²) in [4.78, 5) is 42.3. The van der Waals surface area contributed by atoms with Crippen molar-refractivity contribution in [1.82, 2.24) is 19.7 Å². The summed E-state index contributed by atoms with van der Waals surface area (Å²) >= 11 is 0. The number of aromatic nitrogens is 1. The van der Waals surface area contributed by atoms with Crippen molar-refractivity contribution in [3.8, 4) is 0 Å². The summed E-state index contributed by atoms with van der Waals surface area (Å²) in [5.74, 6) is -0.257. The van der Waals surface area contributed by atoms with Crippen LogP contribution in [-0.4, -0.2) is 77.7 Å². The molecule has 2 aliphatic heterocycles. The SMILES string of the molecule is COC(CN(C)C(C)=O)CN1C2CCC1CC(NC(=O)c1cc3ccccc3n(C(C)C)c1=O)C2. The fourth-order valence-electron chi connectivity index (χ4n) is 5.79. The van der Waals surface area contributed by atoms with Crippen LogP contribution in [-0.2, 0) is 9.53 Å². The number of amides is 2. The van der Waals surface area contributed by atoms with Crippen LogP contribution >= 0.6 is 0 Å². The zero-order chi connectivity index (χ0) is 25.3. The van der Waals surface area contributed by atoms with Gasteiger partial charge < -0.3 is 19.5 Å². The lowest BCUT2D eigenvalue weighted by Gasteiger charge is -2.41. The molecule has 8 heteroatoms. The predicted octanol–water partition coefficient (Wildman–Crippen LogP) is 2.80. The van der Waals surface area contributed by atoms with Gasteiger partial charge in [-0.3, -0.25) is 19.3 Å². The molecule has 0 saturated carbocycles. The van der Waals surface area contributed by atoms with Gasteiger partial charge in [-0.15, -0.1) is 0 Å². The maximum Gasteiger partial charge on any atom is 0.264 e. The first-order valence-electron chi connectivity index (χ1n) is 12.6. The van der Waals surface area contributed by atoms with E-state index in [1.165, 1.54) is 0 Å². The zero-order valence-corrected chi connectivity index (χ0v) is 21.5. The van der Waals surface area contributed by atoms with E-state index in [0.29, 0.717) is 18.6 Å². The van der Waals surface area contributed by atoms with Crippen LogP contribution in [0.3, 0.4) is 0 Å². The largest absolute Gasteiger partial charge is 0.378 e. The van der Waals surface area contributed by atoms with Crippen molar-refractivity contribution < 1.29 is 14.3 Å². The number of rotatable bonds is 8. The smallest absolute Gasteiger partial charge is 0.264 e. The van der Waals surface area contributed by atoms with Crippen LogP contribution in [0, 0.1) is 0 Å². The number of carbonyl (C=O) groups is 2. The Bertz CT molecular complexity index is 1130. The van der Waals surface area contributed by atoms with Gasteiger partial charge in [-0.05, 0) is 57.0 Å². The number of fused-ring (bicyclic) bond motifs is 3. The van der Waals surface area contributed by atoms with Crippen LogP contribution in [0.4, 0.5) is 0 Å². The summed E-state index contributed by atoms with van der Waals surface area (Å²) in [6, 6.07) is 10.2. The number of nitrogens with one attached hydrogen (secondary N) is 1. The molecule has 35 heavy (non-hydrogen) atoms. The number of nitrogens with zero attached hydrogens (tertiary/aromatic N) is 3. The van der Waals surface area contributed by atoms with Crippen LogP contribution in [0.2, 0.25) is 0 Å². The van der Waals surface area contributed by atoms with E-state index in [0.717, 1.165) is 43.1 Å². The fraction of sp³-hybridized carbons (Fsp3) is 0.593. The lowest BCUT2D eigenvalue weighted by atomic mass is 9.96.